The molecule has 4 aromatic rings. The van der Waals surface area contributed by atoms with Crippen molar-refractivity contribution in [1.82, 2.24) is 10.2 Å². The molecule has 7 nitrogen and oxygen atoms in total. The van der Waals surface area contributed by atoms with E-state index >= 15 is 0 Å². The molecule has 47 heavy (non-hydrogen) atoms. The monoisotopic (exact) mass is 653 g/mol. The van der Waals surface area contributed by atoms with Crippen molar-refractivity contribution in [2.24, 2.45) is 0 Å². The highest BCUT2D eigenvalue weighted by Crippen LogP contribution is 2.27. The second kappa shape index (κ2) is 15.9. The maximum atomic E-state index is 14.7. The molecule has 4 aromatic carbocycles. The van der Waals surface area contributed by atoms with E-state index in [-0.39, 0.29) is 35.7 Å². The molecule has 0 aromatic heterocycles. The van der Waals surface area contributed by atoms with Gasteiger partial charge in [-0.2, -0.15) is 0 Å². The van der Waals surface area contributed by atoms with Crippen molar-refractivity contribution in [1.29, 1.82) is 0 Å². The van der Waals surface area contributed by atoms with Gasteiger partial charge in [-0.3, -0.25) is 13.9 Å². The van der Waals surface area contributed by atoms with E-state index in [0.29, 0.717) is 5.69 Å². The summed E-state index contributed by atoms with van der Waals surface area (Å²) in [6, 6.07) is 30.2. The van der Waals surface area contributed by atoms with Crippen molar-refractivity contribution < 1.29 is 18.0 Å². The zero-order chi connectivity index (χ0) is 34.1. The summed E-state index contributed by atoms with van der Waals surface area (Å²) in [7, 11) is -4.16. The van der Waals surface area contributed by atoms with Crippen LogP contribution in [0.25, 0.3) is 0 Å². The summed E-state index contributed by atoms with van der Waals surface area (Å²) in [4.78, 5) is 30.3. The molecule has 0 aliphatic carbocycles. The second-order valence-electron chi connectivity index (χ2n) is 12.5. The van der Waals surface area contributed by atoms with Crippen molar-refractivity contribution in [3.05, 3.63) is 131 Å². The standard InChI is InChI=1S/C39H47N3O4S/c1-7-31(6)40-39(44)37(25-32-14-9-8-10-15-32)41(26-34-16-12-11-13-30(34)5)38(43)27-42(35-21-19-33(20-22-35)28(2)3)47(45,46)36-23-17-29(4)18-24-36/h8-24,28,31,37H,7,25-27H2,1-6H3,(H,40,44). The molecule has 0 saturated carbocycles. The van der Waals surface area contributed by atoms with Crippen LogP contribution in [0, 0.1) is 13.8 Å². The van der Waals surface area contributed by atoms with Crippen molar-refractivity contribution in [3.8, 4) is 0 Å². The molecule has 2 unspecified atom stereocenters. The van der Waals surface area contributed by atoms with E-state index < -0.39 is 28.5 Å². The molecule has 4 rings (SSSR count). The Hall–Kier alpha value is -4.43. The van der Waals surface area contributed by atoms with Crippen LogP contribution < -0.4 is 9.62 Å². The van der Waals surface area contributed by atoms with Gasteiger partial charge in [0.05, 0.1) is 10.6 Å². The molecule has 0 aliphatic heterocycles. The Bertz CT molecular complexity index is 1740. The van der Waals surface area contributed by atoms with Crippen molar-refractivity contribution in [3.63, 3.8) is 0 Å². The molecule has 0 heterocycles. The number of nitrogens with zero attached hydrogens (tertiary/aromatic N) is 2. The maximum Gasteiger partial charge on any atom is 0.264 e. The number of carbonyl (C=O) groups is 2. The normalized spacial score (nSPS) is 12.7. The van der Waals surface area contributed by atoms with Gasteiger partial charge < -0.3 is 10.2 Å². The number of hydrogen-bond acceptors (Lipinski definition) is 4. The van der Waals surface area contributed by atoms with Crippen LogP contribution in [0.1, 0.15) is 67.9 Å². The predicted molar refractivity (Wildman–Crippen MR) is 190 cm³/mol. The van der Waals surface area contributed by atoms with Gasteiger partial charge >= 0.3 is 0 Å². The highest BCUT2D eigenvalue weighted by molar-refractivity contribution is 7.92. The summed E-state index contributed by atoms with van der Waals surface area (Å²) in [6.07, 6.45) is 0.999. The largest absolute Gasteiger partial charge is 0.352 e. The first-order chi connectivity index (χ1) is 22.4. The third kappa shape index (κ3) is 9.10. The van der Waals surface area contributed by atoms with E-state index in [1.165, 1.54) is 4.31 Å². The number of aryl methyl sites for hydroxylation is 2. The molecule has 8 heteroatoms. The van der Waals surface area contributed by atoms with Crippen LogP contribution in [-0.2, 0) is 32.6 Å². The van der Waals surface area contributed by atoms with E-state index in [2.05, 4.69) is 19.2 Å². The summed E-state index contributed by atoms with van der Waals surface area (Å²) >= 11 is 0. The van der Waals surface area contributed by atoms with Gasteiger partial charge in [-0.1, -0.05) is 105 Å². The summed E-state index contributed by atoms with van der Waals surface area (Å²) in [5.74, 6) is -0.503. The lowest BCUT2D eigenvalue weighted by Gasteiger charge is -2.34. The number of rotatable bonds is 14. The number of carbonyl (C=O) groups excluding carboxylic acids is 2. The Labute approximate surface area is 280 Å². The van der Waals surface area contributed by atoms with Crippen molar-refractivity contribution >= 4 is 27.5 Å². The zero-order valence-corrected chi connectivity index (χ0v) is 29.1. The lowest BCUT2D eigenvalue weighted by atomic mass is 10.0. The number of sulfonamides is 1. The summed E-state index contributed by atoms with van der Waals surface area (Å²) in [5.41, 5.74) is 5.10. The SMILES string of the molecule is CCC(C)NC(=O)C(Cc1ccccc1)N(Cc1ccccc1C)C(=O)CN(c1ccc(C(C)C)cc1)S(=O)(=O)c1ccc(C)cc1. The number of nitrogens with one attached hydrogen (secondary N) is 1. The summed E-state index contributed by atoms with van der Waals surface area (Å²) in [5, 5.41) is 3.08. The van der Waals surface area contributed by atoms with Gasteiger partial charge in [0.1, 0.15) is 12.6 Å². The van der Waals surface area contributed by atoms with E-state index in [4.69, 9.17) is 0 Å². The van der Waals surface area contributed by atoms with E-state index in [1.807, 2.05) is 94.4 Å². The minimum absolute atomic E-state index is 0.0876. The minimum atomic E-state index is -4.16. The molecule has 2 amide bonds. The molecule has 0 spiro atoms. The number of anilines is 1. The predicted octanol–water partition coefficient (Wildman–Crippen LogP) is 7.18. The molecular weight excluding hydrogens is 607 g/mol. The van der Waals surface area contributed by atoms with Crippen molar-refractivity contribution in [2.75, 3.05) is 10.8 Å². The second-order valence-corrected chi connectivity index (χ2v) is 14.4. The Morgan fingerprint density at radius 2 is 1.40 bits per heavy atom. The molecule has 0 bridgehead atoms. The van der Waals surface area contributed by atoms with Crippen LogP contribution in [0.15, 0.2) is 108 Å². The summed E-state index contributed by atoms with van der Waals surface area (Å²) in [6.45, 7) is 11.6. The first-order valence-electron chi connectivity index (χ1n) is 16.3. The van der Waals surface area contributed by atoms with Gasteiger partial charge in [-0.05, 0) is 79.6 Å². The van der Waals surface area contributed by atoms with Crippen LogP contribution >= 0.6 is 0 Å². The van der Waals surface area contributed by atoms with Crippen molar-refractivity contribution in [2.45, 2.75) is 83.8 Å². The molecule has 0 aliphatic rings. The number of benzene rings is 4. The molecule has 0 fully saturated rings. The van der Waals surface area contributed by atoms with E-state index in [9.17, 15) is 18.0 Å². The molecular formula is C39H47N3O4S. The van der Waals surface area contributed by atoms with Gasteiger partial charge in [0, 0.05) is 19.0 Å². The number of amides is 2. The quantitative estimate of drug-likeness (QED) is 0.156. The smallest absolute Gasteiger partial charge is 0.264 e. The Kier molecular flexibility index (Phi) is 12.0. The van der Waals surface area contributed by atoms with E-state index in [0.717, 1.165) is 34.2 Å². The van der Waals surface area contributed by atoms with Crippen LogP contribution in [-0.4, -0.2) is 43.8 Å². The lowest BCUT2D eigenvalue weighted by molar-refractivity contribution is -0.140. The first-order valence-corrected chi connectivity index (χ1v) is 17.7. The Morgan fingerprint density at radius 3 is 2.00 bits per heavy atom. The Balaban J connectivity index is 1.82. The number of hydrogen-bond donors (Lipinski definition) is 1. The molecule has 0 radical (unpaired) electrons. The average molecular weight is 654 g/mol. The fraction of sp³-hybridized carbons (Fsp3) is 0.333. The van der Waals surface area contributed by atoms with Gasteiger partial charge in [0.15, 0.2) is 0 Å². The van der Waals surface area contributed by atoms with Gasteiger partial charge in [0.2, 0.25) is 11.8 Å². The molecule has 0 saturated heterocycles. The third-order valence-corrected chi connectivity index (χ3v) is 10.4. The average Bonchev–Trinajstić information content (AvgIpc) is 3.06. The van der Waals surface area contributed by atoms with Crippen LogP contribution in [0.5, 0.6) is 0 Å². The fourth-order valence-electron chi connectivity index (χ4n) is 5.36. The first kappa shape index (κ1) is 35.4. The molecule has 248 valence electrons. The highest BCUT2D eigenvalue weighted by Gasteiger charge is 2.35. The Morgan fingerprint density at radius 1 is 0.787 bits per heavy atom. The fourth-order valence-corrected chi connectivity index (χ4v) is 6.77. The van der Waals surface area contributed by atoms with Crippen LogP contribution in [0.4, 0.5) is 5.69 Å². The molecule has 2 atom stereocenters. The minimum Gasteiger partial charge on any atom is -0.352 e. The maximum absolute atomic E-state index is 14.7. The summed E-state index contributed by atoms with van der Waals surface area (Å²) < 4.78 is 29.7. The molecule has 1 N–H and O–H groups in total. The van der Waals surface area contributed by atoms with Gasteiger partial charge in [-0.25, -0.2) is 8.42 Å². The van der Waals surface area contributed by atoms with E-state index in [1.54, 1.807) is 41.3 Å². The van der Waals surface area contributed by atoms with Crippen LogP contribution in [0.2, 0.25) is 0 Å². The van der Waals surface area contributed by atoms with Gasteiger partial charge in [0.25, 0.3) is 10.0 Å². The topological polar surface area (TPSA) is 86.8 Å². The van der Waals surface area contributed by atoms with Gasteiger partial charge in [-0.15, -0.1) is 0 Å². The third-order valence-electron chi connectivity index (χ3n) is 8.61. The highest BCUT2D eigenvalue weighted by atomic mass is 32.2. The zero-order valence-electron chi connectivity index (χ0n) is 28.3. The lowest BCUT2D eigenvalue weighted by Crippen LogP contribution is -2.54. The van der Waals surface area contributed by atoms with Crippen LogP contribution in [0.3, 0.4) is 0 Å².